The van der Waals surface area contributed by atoms with E-state index in [1.54, 1.807) is 6.07 Å². The lowest BCUT2D eigenvalue weighted by atomic mass is 10.0. The van der Waals surface area contributed by atoms with E-state index >= 15 is 0 Å². The Morgan fingerprint density at radius 1 is 1.29 bits per heavy atom. The predicted octanol–water partition coefficient (Wildman–Crippen LogP) is 1.91. The summed E-state index contributed by atoms with van der Waals surface area (Å²) in [4.78, 5) is 23.3. The van der Waals surface area contributed by atoms with Crippen LogP contribution in [0.3, 0.4) is 0 Å². The first kappa shape index (κ1) is 16.9. The summed E-state index contributed by atoms with van der Waals surface area (Å²) in [5.41, 5.74) is 0. The summed E-state index contributed by atoms with van der Waals surface area (Å²) in [6.45, 7) is 3.49. The summed E-state index contributed by atoms with van der Waals surface area (Å²) in [6.07, 6.45) is 0.456. The van der Waals surface area contributed by atoms with Crippen molar-refractivity contribution in [1.29, 1.82) is 0 Å². The van der Waals surface area contributed by atoms with Gasteiger partial charge in [0.25, 0.3) is 5.91 Å². The third-order valence-corrected chi connectivity index (χ3v) is 2.72. The van der Waals surface area contributed by atoms with Gasteiger partial charge in [0, 0.05) is 0 Å². The molecule has 6 heteroatoms. The van der Waals surface area contributed by atoms with Crippen molar-refractivity contribution in [2.75, 3.05) is 13.7 Å². The molecule has 21 heavy (non-hydrogen) atoms. The summed E-state index contributed by atoms with van der Waals surface area (Å²) >= 11 is 0. The van der Waals surface area contributed by atoms with Crippen molar-refractivity contribution in [3.05, 3.63) is 30.1 Å². The predicted molar refractivity (Wildman–Crippen MR) is 75.3 cm³/mol. The number of halogens is 1. The minimum Gasteiger partial charge on any atom is -0.481 e. The number of ether oxygens (including phenoxy) is 2. The van der Waals surface area contributed by atoms with E-state index in [-0.39, 0.29) is 18.3 Å². The fraction of sp³-hybridized carbons (Fsp3) is 0.467. The van der Waals surface area contributed by atoms with E-state index in [2.05, 4.69) is 10.1 Å². The number of amides is 1. The smallest absolute Gasteiger partial charge is 0.328 e. The zero-order valence-corrected chi connectivity index (χ0v) is 12.4. The quantitative estimate of drug-likeness (QED) is 0.781. The molecule has 1 N–H and O–H groups in total. The molecular formula is C15H20FNO4. The van der Waals surface area contributed by atoms with Crippen LogP contribution in [0.2, 0.25) is 0 Å². The van der Waals surface area contributed by atoms with Crippen molar-refractivity contribution in [3.63, 3.8) is 0 Å². The molecule has 0 bridgehead atoms. The van der Waals surface area contributed by atoms with Gasteiger partial charge in [0.2, 0.25) is 0 Å². The van der Waals surface area contributed by atoms with Crippen LogP contribution in [-0.4, -0.2) is 31.6 Å². The lowest BCUT2D eigenvalue weighted by Crippen LogP contribution is -2.44. The number of rotatable bonds is 7. The molecule has 0 aliphatic heterocycles. The number of esters is 1. The molecule has 0 heterocycles. The number of hydrogen-bond acceptors (Lipinski definition) is 4. The lowest BCUT2D eigenvalue weighted by molar-refractivity contribution is -0.145. The monoisotopic (exact) mass is 297 g/mol. The van der Waals surface area contributed by atoms with Crippen LogP contribution in [0.1, 0.15) is 20.3 Å². The van der Waals surface area contributed by atoms with Crippen LogP contribution in [0.25, 0.3) is 0 Å². The van der Waals surface area contributed by atoms with Crippen molar-refractivity contribution in [3.8, 4) is 5.75 Å². The van der Waals surface area contributed by atoms with Crippen LogP contribution < -0.4 is 10.1 Å². The van der Waals surface area contributed by atoms with E-state index in [1.165, 1.54) is 25.3 Å². The standard InChI is InChI=1S/C15H20FNO4/c1-10(2)8-12(15(19)20-3)17-14(18)9-21-13-7-5-4-6-11(13)16/h4-7,10,12H,8-9H2,1-3H3,(H,17,18). The molecule has 0 aliphatic carbocycles. The highest BCUT2D eigenvalue weighted by Crippen LogP contribution is 2.15. The van der Waals surface area contributed by atoms with Crippen LogP contribution in [0, 0.1) is 11.7 Å². The minimum atomic E-state index is -0.730. The third kappa shape index (κ3) is 5.81. The van der Waals surface area contributed by atoms with Gasteiger partial charge in [0.1, 0.15) is 6.04 Å². The van der Waals surface area contributed by atoms with Crippen LogP contribution in [-0.2, 0) is 14.3 Å². The molecule has 1 aromatic rings. The maximum absolute atomic E-state index is 13.3. The van der Waals surface area contributed by atoms with Gasteiger partial charge in [-0.15, -0.1) is 0 Å². The highest BCUT2D eigenvalue weighted by Gasteiger charge is 2.22. The molecule has 1 unspecified atom stereocenters. The van der Waals surface area contributed by atoms with Crippen LogP contribution >= 0.6 is 0 Å². The van der Waals surface area contributed by atoms with E-state index in [0.29, 0.717) is 6.42 Å². The summed E-state index contributed by atoms with van der Waals surface area (Å²) < 4.78 is 23.0. The van der Waals surface area contributed by atoms with Gasteiger partial charge in [0.15, 0.2) is 18.2 Å². The topological polar surface area (TPSA) is 64.6 Å². The van der Waals surface area contributed by atoms with Crippen molar-refractivity contribution in [2.45, 2.75) is 26.3 Å². The van der Waals surface area contributed by atoms with Crippen LogP contribution in [0.5, 0.6) is 5.75 Å². The maximum Gasteiger partial charge on any atom is 0.328 e. The first-order chi connectivity index (χ1) is 9.93. The van der Waals surface area contributed by atoms with Gasteiger partial charge in [0.05, 0.1) is 7.11 Å². The number of methoxy groups -OCH3 is 1. The molecule has 0 aliphatic rings. The number of benzene rings is 1. The molecule has 1 rings (SSSR count). The zero-order chi connectivity index (χ0) is 15.8. The normalized spacial score (nSPS) is 11.9. The molecule has 116 valence electrons. The summed E-state index contributed by atoms with van der Waals surface area (Å²) in [6, 6.07) is 5.06. The number of nitrogens with one attached hydrogen (secondary N) is 1. The molecule has 0 saturated carbocycles. The maximum atomic E-state index is 13.3. The molecule has 1 aromatic carbocycles. The fourth-order valence-corrected chi connectivity index (χ4v) is 1.77. The summed E-state index contributed by atoms with van der Waals surface area (Å²) in [7, 11) is 1.26. The highest BCUT2D eigenvalue weighted by atomic mass is 19.1. The molecular weight excluding hydrogens is 277 g/mol. The average Bonchev–Trinajstić information content (AvgIpc) is 2.44. The second kappa shape index (κ2) is 8.24. The van der Waals surface area contributed by atoms with Gasteiger partial charge < -0.3 is 14.8 Å². The first-order valence-corrected chi connectivity index (χ1v) is 6.68. The Morgan fingerprint density at radius 2 is 1.95 bits per heavy atom. The van der Waals surface area contributed by atoms with Crippen LogP contribution in [0.15, 0.2) is 24.3 Å². The number of hydrogen-bond donors (Lipinski definition) is 1. The van der Waals surface area contributed by atoms with E-state index in [9.17, 15) is 14.0 Å². The van der Waals surface area contributed by atoms with Crippen LogP contribution in [0.4, 0.5) is 4.39 Å². The molecule has 1 atom stereocenters. The largest absolute Gasteiger partial charge is 0.481 e. The third-order valence-electron chi connectivity index (χ3n) is 2.72. The molecule has 0 radical (unpaired) electrons. The second-order valence-corrected chi connectivity index (χ2v) is 4.99. The van der Waals surface area contributed by atoms with E-state index < -0.39 is 23.7 Å². The minimum absolute atomic E-state index is 0.00822. The molecule has 0 spiro atoms. The molecule has 1 amide bonds. The average molecular weight is 297 g/mol. The van der Waals surface area contributed by atoms with Crippen molar-refractivity contribution < 1.29 is 23.5 Å². The SMILES string of the molecule is COC(=O)C(CC(C)C)NC(=O)COc1ccccc1F. The van der Waals surface area contributed by atoms with E-state index in [4.69, 9.17) is 4.74 Å². The highest BCUT2D eigenvalue weighted by molar-refractivity contribution is 5.85. The van der Waals surface area contributed by atoms with Crippen molar-refractivity contribution in [2.24, 2.45) is 5.92 Å². The Kier molecular flexibility index (Phi) is 6.65. The Bertz CT molecular complexity index is 490. The van der Waals surface area contributed by atoms with Gasteiger partial charge in [-0.2, -0.15) is 0 Å². The van der Waals surface area contributed by atoms with Gasteiger partial charge in [-0.05, 0) is 24.5 Å². The summed E-state index contributed by atoms with van der Waals surface area (Å²) in [5, 5.41) is 2.53. The van der Waals surface area contributed by atoms with Gasteiger partial charge in [-0.3, -0.25) is 4.79 Å². The molecule has 0 fully saturated rings. The fourth-order valence-electron chi connectivity index (χ4n) is 1.77. The number of para-hydroxylation sites is 1. The Hall–Kier alpha value is -2.11. The Balaban J connectivity index is 2.54. The van der Waals surface area contributed by atoms with Crippen molar-refractivity contribution in [1.82, 2.24) is 5.32 Å². The lowest BCUT2D eigenvalue weighted by Gasteiger charge is -2.18. The molecule has 0 aromatic heterocycles. The number of carbonyl (C=O) groups excluding carboxylic acids is 2. The Labute approximate surface area is 123 Å². The molecule has 5 nitrogen and oxygen atoms in total. The zero-order valence-electron chi connectivity index (χ0n) is 12.4. The van der Waals surface area contributed by atoms with E-state index in [1.807, 2.05) is 13.8 Å². The molecule has 0 saturated heterocycles. The van der Waals surface area contributed by atoms with Gasteiger partial charge in [-0.1, -0.05) is 26.0 Å². The van der Waals surface area contributed by atoms with Crippen molar-refractivity contribution >= 4 is 11.9 Å². The summed E-state index contributed by atoms with van der Waals surface area (Å²) in [5.74, 6) is -1.36. The second-order valence-electron chi connectivity index (χ2n) is 4.99. The number of carbonyl (C=O) groups is 2. The van der Waals surface area contributed by atoms with Gasteiger partial charge in [-0.25, -0.2) is 9.18 Å². The van der Waals surface area contributed by atoms with E-state index in [0.717, 1.165) is 0 Å². The first-order valence-electron chi connectivity index (χ1n) is 6.68. The Morgan fingerprint density at radius 3 is 2.52 bits per heavy atom. The van der Waals surface area contributed by atoms with Gasteiger partial charge >= 0.3 is 5.97 Å².